The smallest absolute Gasteiger partial charge is 0.216 e. The van der Waals surface area contributed by atoms with E-state index in [2.05, 4.69) is 24.4 Å². The van der Waals surface area contributed by atoms with E-state index in [0.29, 0.717) is 0 Å². The van der Waals surface area contributed by atoms with Gasteiger partial charge in [0.2, 0.25) is 5.91 Å². The molecule has 0 radical (unpaired) electrons. The molecule has 22 heavy (non-hydrogen) atoms. The Morgan fingerprint density at radius 2 is 1.18 bits per heavy atom. The lowest BCUT2D eigenvalue weighted by atomic mass is 10.1. The first-order chi connectivity index (χ1) is 10.8. The first kappa shape index (κ1) is 21.2. The molecule has 1 amide bonds. The van der Waals surface area contributed by atoms with Crippen LogP contribution < -0.4 is 5.32 Å². The Kier molecular flexibility index (Phi) is 17.6. The van der Waals surface area contributed by atoms with Gasteiger partial charge in [-0.2, -0.15) is 0 Å². The number of rotatable bonds is 16. The van der Waals surface area contributed by atoms with E-state index in [-0.39, 0.29) is 5.91 Å². The highest BCUT2D eigenvalue weighted by molar-refractivity contribution is 5.72. The Morgan fingerprint density at radius 1 is 0.727 bits per heavy atom. The van der Waals surface area contributed by atoms with Crippen molar-refractivity contribution in [3.63, 3.8) is 0 Å². The third kappa shape index (κ3) is 19.2. The third-order valence-corrected chi connectivity index (χ3v) is 4.06. The summed E-state index contributed by atoms with van der Waals surface area (Å²) in [4.78, 5) is 10.7. The van der Waals surface area contributed by atoms with Gasteiger partial charge in [0, 0.05) is 13.5 Å². The highest BCUT2D eigenvalue weighted by Gasteiger charge is 1.93. The predicted molar refractivity (Wildman–Crippen MR) is 98.1 cm³/mol. The first-order valence-electron chi connectivity index (χ1n) is 9.66. The van der Waals surface area contributed by atoms with Crippen LogP contribution in [0, 0.1) is 0 Å². The molecule has 0 bridgehead atoms. The zero-order valence-electron chi connectivity index (χ0n) is 15.2. The van der Waals surface area contributed by atoms with E-state index < -0.39 is 0 Å². The Morgan fingerprint density at radius 3 is 1.68 bits per heavy atom. The Labute approximate surface area is 139 Å². The molecule has 0 spiro atoms. The van der Waals surface area contributed by atoms with Gasteiger partial charge < -0.3 is 5.32 Å². The minimum absolute atomic E-state index is 0.0905. The topological polar surface area (TPSA) is 29.1 Å². The quantitative estimate of drug-likeness (QED) is 0.268. The molecule has 0 atom stereocenters. The molecule has 0 aliphatic heterocycles. The van der Waals surface area contributed by atoms with Crippen LogP contribution in [0.4, 0.5) is 0 Å². The van der Waals surface area contributed by atoms with Crippen molar-refractivity contribution in [2.24, 2.45) is 0 Å². The van der Waals surface area contributed by atoms with E-state index in [1.54, 1.807) is 6.92 Å². The van der Waals surface area contributed by atoms with Crippen molar-refractivity contribution >= 4 is 5.91 Å². The third-order valence-electron chi connectivity index (χ3n) is 4.06. The van der Waals surface area contributed by atoms with Crippen LogP contribution in [0.5, 0.6) is 0 Å². The molecule has 1 N–H and O–H groups in total. The van der Waals surface area contributed by atoms with E-state index in [0.717, 1.165) is 13.0 Å². The summed E-state index contributed by atoms with van der Waals surface area (Å²) in [5, 5.41) is 2.85. The van der Waals surface area contributed by atoms with Crippen LogP contribution in [0.1, 0.15) is 104 Å². The van der Waals surface area contributed by atoms with Gasteiger partial charge in [-0.1, -0.05) is 76.9 Å². The van der Waals surface area contributed by atoms with Crippen molar-refractivity contribution in [1.82, 2.24) is 5.32 Å². The summed E-state index contributed by atoms with van der Waals surface area (Å²) in [6.45, 7) is 4.70. The van der Waals surface area contributed by atoms with Gasteiger partial charge in [0.1, 0.15) is 0 Å². The van der Waals surface area contributed by atoms with Gasteiger partial charge in [0.15, 0.2) is 0 Å². The molecule has 0 aliphatic rings. The minimum atomic E-state index is 0.0905. The largest absolute Gasteiger partial charge is 0.356 e. The van der Waals surface area contributed by atoms with Gasteiger partial charge in [-0.05, 0) is 32.1 Å². The molecule has 2 nitrogen and oxygen atoms in total. The van der Waals surface area contributed by atoms with Crippen molar-refractivity contribution in [1.29, 1.82) is 0 Å². The summed E-state index contributed by atoms with van der Waals surface area (Å²) in [6.07, 6.45) is 23.3. The minimum Gasteiger partial charge on any atom is -0.356 e. The summed E-state index contributed by atoms with van der Waals surface area (Å²) < 4.78 is 0. The molecular weight excluding hydrogens is 270 g/mol. The molecule has 0 fully saturated rings. The molecule has 0 aromatic rings. The van der Waals surface area contributed by atoms with Crippen molar-refractivity contribution in [2.45, 2.75) is 104 Å². The van der Waals surface area contributed by atoms with E-state index in [9.17, 15) is 4.79 Å². The van der Waals surface area contributed by atoms with E-state index in [1.807, 2.05) is 0 Å². The number of amides is 1. The second-order valence-electron chi connectivity index (χ2n) is 6.42. The zero-order valence-corrected chi connectivity index (χ0v) is 15.2. The average Bonchev–Trinajstić information content (AvgIpc) is 2.50. The molecule has 0 aliphatic carbocycles. The van der Waals surface area contributed by atoms with Crippen LogP contribution >= 0.6 is 0 Å². The molecule has 0 saturated carbocycles. The fourth-order valence-corrected chi connectivity index (χ4v) is 2.64. The molecule has 2 heteroatoms. The Bertz CT molecular complexity index is 260. The van der Waals surface area contributed by atoms with E-state index in [1.165, 1.54) is 83.5 Å². The Balaban J connectivity index is 3.06. The van der Waals surface area contributed by atoms with E-state index >= 15 is 0 Å². The number of unbranched alkanes of at least 4 members (excludes halogenated alkanes) is 12. The van der Waals surface area contributed by atoms with Gasteiger partial charge in [-0.15, -0.1) is 0 Å². The summed E-state index contributed by atoms with van der Waals surface area (Å²) in [5.74, 6) is 0.0905. The molecule has 0 rings (SSSR count). The standard InChI is InChI=1S/C20H39NO/c1-3-4-5-6-7-8-9-10-11-12-13-14-15-16-17-18-19-21-20(2)22/h10-11H,3-9,12-19H2,1-2H3,(H,21,22). The fraction of sp³-hybridized carbons (Fsp3) is 0.850. The lowest BCUT2D eigenvalue weighted by Gasteiger charge is -2.02. The monoisotopic (exact) mass is 309 g/mol. The number of hydrogen-bond acceptors (Lipinski definition) is 1. The maximum absolute atomic E-state index is 10.7. The van der Waals surface area contributed by atoms with Gasteiger partial charge in [-0.3, -0.25) is 4.79 Å². The number of carbonyl (C=O) groups excluding carboxylic acids is 1. The lowest BCUT2D eigenvalue weighted by Crippen LogP contribution is -2.20. The molecule has 0 aromatic heterocycles. The summed E-state index contributed by atoms with van der Waals surface area (Å²) in [5.41, 5.74) is 0. The number of allylic oxidation sites excluding steroid dienone is 2. The summed E-state index contributed by atoms with van der Waals surface area (Å²) >= 11 is 0. The fourth-order valence-electron chi connectivity index (χ4n) is 2.64. The van der Waals surface area contributed by atoms with Crippen molar-refractivity contribution in [2.75, 3.05) is 6.54 Å². The van der Waals surface area contributed by atoms with Gasteiger partial charge >= 0.3 is 0 Å². The molecular formula is C20H39NO. The zero-order chi connectivity index (χ0) is 16.3. The molecule has 0 aromatic carbocycles. The average molecular weight is 310 g/mol. The van der Waals surface area contributed by atoms with Crippen LogP contribution in [-0.4, -0.2) is 12.5 Å². The van der Waals surface area contributed by atoms with Crippen LogP contribution in [0.2, 0.25) is 0 Å². The molecule has 130 valence electrons. The second kappa shape index (κ2) is 18.3. The molecule has 0 saturated heterocycles. The van der Waals surface area contributed by atoms with Crippen LogP contribution in [0.3, 0.4) is 0 Å². The van der Waals surface area contributed by atoms with Crippen LogP contribution in [0.15, 0.2) is 12.2 Å². The Hall–Kier alpha value is -0.790. The number of nitrogens with one attached hydrogen (secondary N) is 1. The van der Waals surface area contributed by atoms with Crippen molar-refractivity contribution < 1.29 is 4.79 Å². The van der Waals surface area contributed by atoms with Gasteiger partial charge in [-0.25, -0.2) is 0 Å². The maximum Gasteiger partial charge on any atom is 0.216 e. The number of hydrogen-bond donors (Lipinski definition) is 1. The maximum atomic E-state index is 10.7. The lowest BCUT2D eigenvalue weighted by molar-refractivity contribution is -0.118. The van der Waals surface area contributed by atoms with Gasteiger partial charge in [0.25, 0.3) is 0 Å². The molecule has 0 unspecified atom stereocenters. The highest BCUT2D eigenvalue weighted by atomic mass is 16.1. The normalized spacial score (nSPS) is 11.2. The van der Waals surface area contributed by atoms with Crippen molar-refractivity contribution in [3.05, 3.63) is 12.2 Å². The second-order valence-corrected chi connectivity index (χ2v) is 6.42. The van der Waals surface area contributed by atoms with Crippen LogP contribution in [-0.2, 0) is 4.79 Å². The molecule has 0 heterocycles. The summed E-state index contributed by atoms with van der Waals surface area (Å²) in [7, 11) is 0. The van der Waals surface area contributed by atoms with Gasteiger partial charge in [0.05, 0.1) is 0 Å². The van der Waals surface area contributed by atoms with Crippen molar-refractivity contribution in [3.8, 4) is 0 Å². The summed E-state index contributed by atoms with van der Waals surface area (Å²) in [6, 6.07) is 0. The first-order valence-corrected chi connectivity index (χ1v) is 9.66. The number of carbonyl (C=O) groups is 1. The highest BCUT2D eigenvalue weighted by Crippen LogP contribution is 2.09. The van der Waals surface area contributed by atoms with Crippen LogP contribution in [0.25, 0.3) is 0 Å². The predicted octanol–water partition coefficient (Wildman–Crippen LogP) is 6.16. The van der Waals surface area contributed by atoms with E-state index in [4.69, 9.17) is 0 Å². The SMILES string of the molecule is CCCCCCCCC=CCCCCCCCCNC(C)=O.